The van der Waals surface area contributed by atoms with E-state index in [1.165, 1.54) is 6.07 Å². The molecule has 4 heteroatoms. The first-order valence-corrected chi connectivity index (χ1v) is 9.21. The molecule has 0 unspecified atom stereocenters. The molecule has 140 valence electrons. The van der Waals surface area contributed by atoms with Crippen molar-refractivity contribution in [1.29, 1.82) is 0 Å². The third-order valence-electron chi connectivity index (χ3n) is 4.37. The molecule has 0 saturated carbocycles. The van der Waals surface area contributed by atoms with Gasteiger partial charge in [0.15, 0.2) is 5.43 Å². The standard InChI is InChI=1S/C24H20O4/c1-2-26-19-13-22(27-16-17-9-5-3-6-10-17)24-20(25)15-21(28-23(24)14-19)18-11-7-4-8-12-18/h3-15H,2,16H2,1H3. The first-order chi connectivity index (χ1) is 13.7. The Morgan fingerprint density at radius 3 is 2.29 bits per heavy atom. The highest BCUT2D eigenvalue weighted by Crippen LogP contribution is 2.32. The summed E-state index contributed by atoms with van der Waals surface area (Å²) in [6.45, 7) is 2.77. The van der Waals surface area contributed by atoms with Crippen LogP contribution in [0, 0.1) is 0 Å². The van der Waals surface area contributed by atoms with E-state index in [0.29, 0.717) is 41.4 Å². The van der Waals surface area contributed by atoms with Crippen LogP contribution in [0.15, 0.2) is 88.1 Å². The van der Waals surface area contributed by atoms with Gasteiger partial charge in [0.2, 0.25) is 0 Å². The fraction of sp³-hybridized carbons (Fsp3) is 0.125. The van der Waals surface area contributed by atoms with Crippen molar-refractivity contribution in [3.63, 3.8) is 0 Å². The average molecular weight is 372 g/mol. The highest BCUT2D eigenvalue weighted by atomic mass is 16.5. The molecule has 4 rings (SSSR count). The fourth-order valence-corrected chi connectivity index (χ4v) is 3.07. The van der Waals surface area contributed by atoms with Gasteiger partial charge in [-0.25, -0.2) is 0 Å². The van der Waals surface area contributed by atoms with Crippen molar-refractivity contribution in [2.75, 3.05) is 6.61 Å². The van der Waals surface area contributed by atoms with Crippen LogP contribution in [-0.4, -0.2) is 6.61 Å². The molecule has 3 aromatic carbocycles. The zero-order valence-electron chi connectivity index (χ0n) is 15.6. The molecule has 0 spiro atoms. The molecule has 0 atom stereocenters. The lowest BCUT2D eigenvalue weighted by Gasteiger charge is -2.12. The predicted molar refractivity (Wildman–Crippen MR) is 110 cm³/mol. The zero-order valence-corrected chi connectivity index (χ0v) is 15.6. The van der Waals surface area contributed by atoms with Gasteiger partial charge in [-0.05, 0) is 12.5 Å². The van der Waals surface area contributed by atoms with Crippen LogP contribution in [-0.2, 0) is 6.61 Å². The largest absolute Gasteiger partial charge is 0.494 e. The van der Waals surface area contributed by atoms with Gasteiger partial charge >= 0.3 is 0 Å². The topological polar surface area (TPSA) is 48.7 Å². The lowest BCUT2D eigenvalue weighted by molar-refractivity contribution is 0.302. The summed E-state index contributed by atoms with van der Waals surface area (Å²) in [5.74, 6) is 1.57. The number of fused-ring (bicyclic) bond motifs is 1. The van der Waals surface area contributed by atoms with E-state index in [9.17, 15) is 4.79 Å². The minimum Gasteiger partial charge on any atom is -0.494 e. The van der Waals surface area contributed by atoms with Crippen molar-refractivity contribution in [1.82, 2.24) is 0 Å². The maximum Gasteiger partial charge on any atom is 0.197 e. The Balaban J connectivity index is 1.80. The van der Waals surface area contributed by atoms with Crippen LogP contribution in [0.4, 0.5) is 0 Å². The van der Waals surface area contributed by atoms with Gasteiger partial charge in [0.05, 0.1) is 6.61 Å². The highest BCUT2D eigenvalue weighted by molar-refractivity contribution is 5.86. The molecule has 0 aliphatic heterocycles. The van der Waals surface area contributed by atoms with Crippen LogP contribution in [0.2, 0.25) is 0 Å². The van der Waals surface area contributed by atoms with Gasteiger partial charge in [0.1, 0.15) is 34.8 Å². The van der Waals surface area contributed by atoms with E-state index in [4.69, 9.17) is 13.9 Å². The summed E-state index contributed by atoms with van der Waals surface area (Å²) < 4.78 is 17.7. The smallest absolute Gasteiger partial charge is 0.197 e. The molecule has 1 aromatic heterocycles. The Labute approximate surface area is 163 Å². The molecule has 0 amide bonds. The van der Waals surface area contributed by atoms with Gasteiger partial charge in [-0.15, -0.1) is 0 Å². The van der Waals surface area contributed by atoms with E-state index in [1.54, 1.807) is 12.1 Å². The van der Waals surface area contributed by atoms with Crippen molar-refractivity contribution in [2.24, 2.45) is 0 Å². The van der Waals surface area contributed by atoms with Crippen molar-refractivity contribution in [2.45, 2.75) is 13.5 Å². The van der Waals surface area contributed by atoms with Gasteiger partial charge in [-0.2, -0.15) is 0 Å². The second kappa shape index (κ2) is 8.01. The number of hydrogen-bond acceptors (Lipinski definition) is 4. The Bertz CT molecular complexity index is 1130. The molecule has 0 saturated heterocycles. The highest BCUT2D eigenvalue weighted by Gasteiger charge is 2.14. The molecule has 0 N–H and O–H groups in total. The summed E-state index contributed by atoms with van der Waals surface area (Å²) in [6, 6.07) is 24.3. The Kier molecular flexibility index (Phi) is 5.11. The molecule has 28 heavy (non-hydrogen) atoms. The quantitative estimate of drug-likeness (QED) is 0.452. The van der Waals surface area contributed by atoms with Gasteiger partial charge in [0.25, 0.3) is 0 Å². The lowest BCUT2D eigenvalue weighted by atomic mass is 10.1. The summed E-state index contributed by atoms with van der Waals surface area (Å²) in [5, 5.41) is 0.416. The van der Waals surface area contributed by atoms with Crippen molar-refractivity contribution < 1.29 is 13.9 Å². The van der Waals surface area contributed by atoms with Gasteiger partial charge in [-0.3, -0.25) is 4.79 Å². The maximum absolute atomic E-state index is 12.9. The Hall–Kier alpha value is -3.53. The molecule has 0 fully saturated rings. The van der Waals surface area contributed by atoms with Crippen molar-refractivity contribution in [3.05, 3.63) is 94.6 Å². The maximum atomic E-state index is 12.9. The number of rotatable bonds is 6. The molecule has 4 nitrogen and oxygen atoms in total. The van der Waals surface area contributed by atoms with Crippen LogP contribution in [0.3, 0.4) is 0 Å². The second-order valence-corrected chi connectivity index (χ2v) is 6.34. The summed E-state index contributed by atoms with van der Waals surface area (Å²) in [6.07, 6.45) is 0. The first-order valence-electron chi connectivity index (χ1n) is 9.21. The van der Waals surface area contributed by atoms with Gasteiger partial charge in [-0.1, -0.05) is 60.7 Å². The van der Waals surface area contributed by atoms with Crippen LogP contribution >= 0.6 is 0 Å². The molecule has 0 aliphatic rings. The van der Waals surface area contributed by atoms with E-state index in [1.807, 2.05) is 67.6 Å². The molecule has 1 heterocycles. The molecular weight excluding hydrogens is 352 g/mol. The van der Waals surface area contributed by atoms with E-state index in [2.05, 4.69) is 0 Å². The van der Waals surface area contributed by atoms with Crippen LogP contribution in [0.5, 0.6) is 11.5 Å². The Morgan fingerprint density at radius 2 is 1.57 bits per heavy atom. The monoisotopic (exact) mass is 372 g/mol. The minimum atomic E-state index is -0.147. The number of hydrogen-bond donors (Lipinski definition) is 0. The van der Waals surface area contributed by atoms with Gasteiger partial charge in [0, 0.05) is 23.8 Å². The fourth-order valence-electron chi connectivity index (χ4n) is 3.07. The molecule has 0 bridgehead atoms. The predicted octanol–water partition coefficient (Wildman–Crippen LogP) is 5.44. The van der Waals surface area contributed by atoms with E-state index < -0.39 is 0 Å². The Morgan fingerprint density at radius 1 is 0.857 bits per heavy atom. The minimum absolute atomic E-state index is 0.147. The van der Waals surface area contributed by atoms with Crippen molar-refractivity contribution >= 4 is 11.0 Å². The first kappa shape index (κ1) is 17.9. The summed E-state index contributed by atoms with van der Waals surface area (Å²) >= 11 is 0. The van der Waals surface area contributed by atoms with E-state index >= 15 is 0 Å². The van der Waals surface area contributed by atoms with E-state index in [-0.39, 0.29) is 5.43 Å². The number of ether oxygens (including phenoxy) is 2. The third-order valence-corrected chi connectivity index (χ3v) is 4.37. The molecular formula is C24H20O4. The SMILES string of the molecule is CCOc1cc(OCc2ccccc2)c2c(=O)cc(-c3ccccc3)oc2c1. The number of benzene rings is 3. The van der Waals surface area contributed by atoms with Crippen LogP contribution < -0.4 is 14.9 Å². The zero-order chi connectivity index (χ0) is 19.3. The summed E-state index contributed by atoms with van der Waals surface area (Å²) in [4.78, 5) is 12.9. The average Bonchev–Trinajstić information content (AvgIpc) is 2.73. The third kappa shape index (κ3) is 3.76. The summed E-state index contributed by atoms with van der Waals surface area (Å²) in [7, 11) is 0. The lowest BCUT2D eigenvalue weighted by Crippen LogP contribution is -2.05. The van der Waals surface area contributed by atoms with E-state index in [0.717, 1.165) is 11.1 Å². The van der Waals surface area contributed by atoms with Gasteiger partial charge < -0.3 is 13.9 Å². The molecule has 4 aromatic rings. The van der Waals surface area contributed by atoms with Crippen molar-refractivity contribution in [3.8, 4) is 22.8 Å². The molecule has 0 aliphatic carbocycles. The molecule has 0 radical (unpaired) electrons. The van der Waals surface area contributed by atoms with Crippen LogP contribution in [0.25, 0.3) is 22.3 Å². The normalized spacial score (nSPS) is 10.8. The summed E-state index contributed by atoms with van der Waals surface area (Å²) in [5.41, 5.74) is 2.16. The second-order valence-electron chi connectivity index (χ2n) is 6.34. The van der Waals surface area contributed by atoms with Crippen LogP contribution in [0.1, 0.15) is 12.5 Å².